The molecule has 0 aliphatic heterocycles. The Labute approximate surface area is 108 Å². The third kappa shape index (κ3) is 2.88. The van der Waals surface area contributed by atoms with Crippen molar-refractivity contribution >= 4 is 0 Å². The Balaban J connectivity index is 2.31. The lowest BCUT2D eigenvalue weighted by Crippen LogP contribution is -2.05. The van der Waals surface area contributed by atoms with Crippen molar-refractivity contribution in [3.05, 3.63) is 59.4 Å². The maximum absolute atomic E-state index is 13.7. The summed E-state index contributed by atoms with van der Waals surface area (Å²) >= 11 is 0. The van der Waals surface area contributed by atoms with Crippen LogP contribution in [0.5, 0.6) is 11.5 Å². The van der Waals surface area contributed by atoms with Crippen LogP contribution in [0.2, 0.25) is 0 Å². The van der Waals surface area contributed by atoms with Crippen LogP contribution in [0.25, 0.3) is 0 Å². The molecular weight excluding hydrogens is 255 g/mol. The first-order valence-corrected chi connectivity index (χ1v) is 5.66. The van der Waals surface area contributed by atoms with Gasteiger partial charge in [0.15, 0.2) is 23.1 Å². The van der Waals surface area contributed by atoms with Gasteiger partial charge in [0.25, 0.3) is 0 Å². The van der Waals surface area contributed by atoms with E-state index >= 15 is 0 Å². The zero-order chi connectivity index (χ0) is 14.0. The maximum Gasteiger partial charge on any atom is 0.201 e. The van der Waals surface area contributed by atoms with E-state index in [0.717, 1.165) is 6.07 Å². The summed E-state index contributed by atoms with van der Waals surface area (Å²) in [6.07, 6.45) is 0. The van der Waals surface area contributed by atoms with Gasteiger partial charge >= 0.3 is 0 Å². The van der Waals surface area contributed by atoms with Crippen LogP contribution in [0.3, 0.4) is 0 Å². The number of rotatable bonds is 3. The molecule has 2 N–H and O–H groups in total. The molecular formula is C14H12F3NO. The third-order valence-corrected chi connectivity index (χ3v) is 2.62. The van der Waals surface area contributed by atoms with E-state index in [1.165, 1.54) is 24.3 Å². The first-order chi connectivity index (χ1) is 8.99. The zero-order valence-corrected chi connectivity index (χ0v) is 10.2. The van der Waals surface area contributed by atoms with Crippen molar-refractivity contribution in [1.82, 2.24) is 0 Å². The second-order valence-electron chi connectivity index (χ2n) is 4.13. The molecule has 100 valence electrons. The van der Waals surface area contributed by atoms with E-state index in [1.807, 2.05) is 0 Å². The van der Waals surface area contributed by atoms with Crippen LogP contribution in [0, 0.1) is 17.5 Å². The topological polar surface area (TPSA) is 35.2 Å². The molecule has 1 atom stereocenters. The number of hydrogen-bond acceptors (Lipinski definition) is 2. The molecule has 0 unspecified atom stereocenters. The van der Waals surface area contributed by atoms with Crippen LogP contribution in [0.15, 0.2) is 36.4 Å². The Morgan fingerprint density at radius 1 is 1.00 bits per heavy atom. The average molecular weight is 267 g/mol. The monoisotopic (exact) mass is 267 g/mol. The molecule has 0 amide bonds. The van der Waals surface area contributed by atoms with Gasteiger partial charge in [0.05, 0.1) is 0 Å². The maximum atomic E-state index is 13.7. The molecule has 0 aromatic heterocycles. The molecule has 2 nitrogen and oxygen atoms in total. The normalized spacial score (nSPS) is 12.3. The van der Waals surface area contributed by atoms with Gasteiger partial charge in [-0.3, -0.25) is 0 Å². The van der Waals surface area contributed by atoms with Crippen LogP contribution in [0.4, 0.5) is 13.2 Å². The van der Waals surface area contributed by atoms with Gasteiger partial charge in [0.2, 0.25) is 5.82 Å². The fourth-order valence-electron chi connectivity index (χ4n) is 1.56. The molecule has 2 rings (SSSR count). The minimum Gasteiger partial charge on any atom is -0.451 e. The van der Waals surface area contributed by atoms with Gasteiger partial charge in [0.1, 0.15) is 0 Å². The quantitative estimate of drug-likeness (QED) is 0.914. The van der Waals surface area contributed by atoms with E-state index in [0.29, 0.717) is 5.56 Å². The lowest BCUT2D eigenvalue weighted by atomic mass is 10.1. The Bertz CT molecular complexity index is 599. The molecule has 0 spiro atoms. The largest absolute Gasteiger partial charge is 0.451 e. The van der Waals surface area contributed by atoms with Crippen molar-refractivity contribution in [2.75, 3.05) is 0 Å². The highest BCUT2D eigenvalue weighted by molar-refractivity contribution is 5.36. The molecule has 19 heavy (non-hydrogen) atoms. The predicted molar refractivity (Wildman–Crippen MR) is 65.4 cm³/mol. The first-order valence-electron chi connectivity index (χ1n) is 5.66. The summed E-state index contributed by atoms with van der Waals surface area (Å²) in [5, 5.41) is 0. The second-order valence-corrected chi connectivity index (χ2v) is 4.13. The summed E-state index contributed by atoms with van der Waals surface area (Å²) in [6.45, 7) is 1.71. The Hall–Kier alpha value is -2.01. The van der Waals surface area contributed by atoms with Crippen molar-refractivity contribution in [3.63, 3.8) is 0 Å². The van der Waals surface area contributed by atoms with Crippen LogP contribution in [0.1, 0.15) is 18.5 Å². The molecule has 0 fully saturated rings. The smallest absolute Gasteiger partial charge is 0.201 e. The summed E-state index contributed by atoms with van der Waals surface area (Å²) in [4.78, 5) is 0. The number of benzene rings is 2. The molecule has 0 saturated heterocycles. The fraction of sp³-hybridized carbons (Fsp3) is 0.143. The molecule has 0 heterocycles. The SMILES string of the molecule is C[C@@H](N)c1ccc(Oc2cccc(F)c2F)c(F)c1. The summed E-state index contributed by atoms with van der Waals surface area (Å²) in [5.74, 6) is -3.44. The third-order valence-electron chi connectivity index (χ3n) is 2.62. The molecule has 0 saturated carbocycles. The van der Waals surface area contributed by atoms with Gasteiger partial charge in [-0.25, -0.2) is 8.78 Å². The summed E-state index contributed by atoms with van der Waals surface area (Å²) in [7, 11) is 0. The molecule has 5 heteroatoms. The van der Waals surface area contributed by atoms with Crippen LogP contribution < -0.4 is 10.5 Å². The minimum absolute atomic E-state index is 0.186. The van der Waals surface area contributed by atoms with Gasteiger partial charge in [-0.05, 0) is 36.8 Å². The van der Waals surface area contributed by atoms with Crippen molar-refractivity contribution in [2.24, 2.45) is 5.73 Å². The van der Waals surface area contributed by atoms with Crippen molar-refractivity contribution in [3.8, 4) is 11.5 Å². The number of halogens is 3. The van der Waals surface area contributed by atoms with Crippen molar-refractivity contribution < 1.29 is 17.9 Å². The van der Waals surface area contributed by atoms with Gasteiger partial charge in [0, 0.05) is 6.04 Å². The average Bonchev–Trinajstić information content (AvgIpc) is 2.37. The summed E-state index contributed by atoms with van der Waals surface area (Å²) < 4.78 is 45.1. The van der Waals surface area contributed by atoms with Gasteiger partial charge < -0.3 is 10.5 Å². The van der Waals surface area contributed by atoms with E-state index in [9.17, 15) is 13.2 Å². The molecule has 0 aliphatic rings. The van der Waals surface area contributed by atoms with Gasteiger partial charge in [-0.1, -0.05) is 12.1 Å². The van der Waals surface area contributed by atoms with Crippen LogP contribution in [-0.4, -0.2) is 0 Å². The van der Waals surface area contributed by atoms with E-state index in [1.54, 1.807) is 13.0 Å². The van der Waals surface area contributed by atoms with E-state index in [2.05, 4.69) is 0 Å². The standard InChI is InChI=1S/C14H12F3NO/c1-8(18)9-5-6-12(11(16)7-9)19-13-4-2-3-10(15)14(13)17/h2-8H,18H2,1H3/t8-/m1/s1. The van der Waals surface area contributed by atoms with Crippen molar-refractivity contribution in [2.45, 2.75) is 13.0 Å². The Morgan fingerprint density at radius 3 is 2.37 bits per heavy atom. The second kappa shape index (κ2) is 5.32. The van der Waals surface area contributed by atoms with Gasteiger partial charge in [-0.15, -0.1) is 0 Å². The number of ether oxygens (including phenoxy) is 1. The Morgan fingerprint density at radius 2 is 1.74 bits per heavy atom. The molecule has 2 aromatic carbocycles. The molecule has 0 radical (unpaired) electrons. The molecule has 0 aliphatic carbocycles. The highest BCUT2D eigenvalue weighted by Gasteiger charge is 2.13. The Kier molecular flexibility index (Phi) is 3.76. The number of hydrogen-bond donors (Lipinski definition) is 1. The minimum atomic E-state index is -1.15. The lowest BCUT2D eigenvalue weighted by Gasteiger charge is -2.10. The van der Waals surface area contributed by atoms with Crippen LogP contribution >= 0.6 is 0 Å². The lowest BCUT2D eigenvalue weighted by molar-refractivity contribution is 0.396. The summed E-state index contributed by atoms with van der Waals surface area (Å²) in [6, 6.07) is 7.24. The van der Waals surface area contributed by atoms with E-state index in [4.69, 9.17) is 10.5 Å². The highest BCUT2D eigenvalue weighted by Crippen LogP contribution is 2.29. The fourth-order valence-corrected chi connectivity index (χ4v) is 1.56. The van der Waals surface area contributed by atoms with Crippen LogP contribution in [-0.2, 0) is 0 Å². The molecule has 2 aromatic rings. The first kappa shape index (κ1) is 13.4. The number of nitrogens with two attached hydrogens (primary N) is 1. The zero-order valence-electron chi connectivity index (χ0n) is 10.2. The van der Waals surface area contributed by atoms with Gasteiger partial charge in [-0.2, -0.15) is 4.39 Å². The van der Waals surface area contributed by atoms with Crippen molar-refractivity contribution in [1.29, 1.82) is 0 Å². The van der Waals surface area contributed by atoms with E-state index < -0.39 is 17.5 Å². The summed E-state index contributed by atoms with van der Waals surface area (Å²) in [5.41, 5.74) is 6.20. The molecule has 0 bridgehead atoms. The predicted octanol–water partition coefficient (Wildman–Crippen LogP) is 3.92. The highest BCUT2D eigenvalue weighted by atomic mass is 19.2. The van der Waals surface area contributed by atoms with E-state index in [-0.39, 0.29) is 17.5 Å².